The van der Waals surface area contributed by atoms with Gasteiger partial charge in [0.2, 0.25) is 5.90 Å². The standard InChI is InChI=1S/C25H21NO3/c1-17-6-8-20(9-7-17)16-28-22-12-10-19(11-13-22)15-23-25(27)29-24(26-23)21-5-3-4-18(2)14-21/h3-15H,16H2,1-2H3/b23-15+. The zero-order valence-electron chi connectivity index (χ0n) is 16.4. The molecule has 0 unspecified atom stereocenters. The number of aryl methyl sites for hydroxylation is 2. The van der Waals surface area contributed by atoms with Gasteiger partial charge in [-0.2, -0.15) is 0 Å². The lowest BCUT2D eigenvalue weighted by atomic mass is 10.1. The Morgan fingerprint density at radius 2 is 1.69 bits per heavy atom. The van der Waals surface area contributed by atoms with Gasteiger partial charge in [-0.3, -0.25) is 0 Å². The first-order valence-corrected chi connectivity index (χ1v) is 9.45. The lowest BCUT2D eigenvalue weighted by Crippen LogP contribution is -2.05. The van der Waals surface area contributed by atoms with E-state index in [0.717, 1.165) is 28.0 Å². The van der Waals surface area contributed by atoms with Gasteiger partial charge in [0.05, 0.1) is 0 Å². The molecule has 0 saturated carbocycles. The maximum absolute atomic E-state index is 12.2. The Morgan fingerprint density at radius 1 is 0.931 bits per heavy atom. The zero-order valence-corrected chi connectivity index (χ0v) is 16.4. The van der Waals surface area contributed by atoms with E-state index in [2.05, 4.69) is 36.2 Å². The first kappa shape index (κ1) is 18.7. The van der Waals surface area contributed by atoms with Crippen LogP contribution in [0.3, 0.4) is 0 Å². The molecule has 0 aromatic heterocycles. The Balaban J connectivity index is 1.45. The lowest BCUT2D eigenvalue weighted by molar-refractivity contribution is -0.129. The van der Waals surface area contributed by atoms with Crippen LogP contribution >= 0.6 is 0 Å². The normalized spacial score (nSPS) is 14.6. The molecule has 1 aliphatic rings. The van der Waals surface area contributed by atoms with Crippen LogP contribution in [-0.4, -0.2) is 11.9 Å². The van der Waals surface area contributed by atoms with Gasteiger partial charge in [-0.25, -0.2) is 9.79 Å². The Morgan fingerprint density at radius 3 is 2.41 bits per heavy atom. The summed E-state index contributed by atoms with van der Waals surface area (Å²) in [5.74, 6) is 0.662. The summed E-state index contributed by atoms with van der Waals surface area (Å²) in [4.78, 5) is 16.5. The first-order valence-electron chi connectivity index (χ1n) is 9.45. The van der Waals surface area contributed by atoms with E-state index in [1.54, 1.807) is 6.08 Å². The van der Waals surface area contributed by atoms with Crippen molar-refractivity contribution in [2.75, 3.05) is 0 Å². The van der Waals surface area contributed by atoms with Crippen LogP contribution in [0.15, 0.2) is 83.5 Å². The third kappa shape index (κ3) is 4.61. The smallest absolute Gasteiger partial charge is 0.363 e. The summed E-state index contributed by atoms with van der Waals surface area (Å²) in [6.45, 7) is 4.56. The van der Waals surface area contributed by atoms with E-state index in [9.17, 15) is 4.79 Å². The molecule has 0 N–H and O–H groups in total. The fourth-order valence-corrected chi connectivity index (χ4v) is 2.98. The largest absolute Gasteiger partial charge is 0.489 e. The maximum atomic E-state index is 12.2. The molecule has 1 heterocycles. The summed E-state index contributed by atoms with van der Waals surface area (Å²) in [5.41, 5.74) is 5.36. The minimum atomic E-state index is -0.443. The van der Waals surface area contributed by atoms with Gasteiger partial charge >= 0.3 is 5.97 Å². The van der Waals surface area contributed by atoms with Crippen molar-refractivity contribution in [2.45, 2.75) is 20.5 Å². The van der Waals surface area contributed by atoms with Crippen LogP contribution in [0.5, 0.6) is 5.75 Å². The number of nitrogens with zero attached hydrogens (tertiary/aromatic N) is 1. The van der Waals surface area contributed by atoms with Gasteiger partial charge in [0.1, 0.15) is 12.4 Å². The Labute approximate surface area is 170 Å². The molecule has 0 bridgehead atoms. The third-order valence-electron chi connectivity index (χ3n) is 4.60. The van der Waals surface area contributed by atoms with Gasteiger partial charge in [0.25, 0.3) is 0 Å². The van der Waals surface area contributed by atoms with Crippen molar-refractivity contribution in [1.82, 2.24) is 0 Å². The summed E-state index contributed by atoms with van der Waals surface area (Å²) >= 11 is 0. The number of benzene rings is 3. The average Bonchev–Trinajstić information content (AvgIpc) is 3.09. The highest BCUT2D eigenvalue weighted by atomic mass is 16.6. The van der Waals surface area contributed by atoms with E-state index >= 15 is 0 Å². The molecule has 0 fully saturated rings. The predicted molar refractivity (Wildman–Crippen MR) is 114 cm³/mol. The number of carbonyl (C=O) groups is 1. The molecule has 3 aromatic rings. The number of hydrogen-bond acceptors (Lipinski definition) is 4. The molecule has 0 saturated heterocycles. The maximum Gasteiger partial charge on any atom is 0.363 e. The van der Waals surface area contributed by atoms with Crippen molar-refractivity contribution in [2.24, 2.45) is 4.99 Å². The number of cyclic esters (lactones) is 1. The Bertz CT molecular complexity index is 1090. The molecule has 4 rings (SSSR count). The minimum absolute atomic E-state index is 0.287. The molecule has 144 valence electrons. The number of hydrogen-bond donors (Lipinski definition) is 0. The Hall–Kier alpha value is -3.66. The van der Waals surface area contributed by atoms with Gasteiger partial charge in [-0.15, -0.1) is 0 Å². The van der Waals surface area contributed by atoms with Crippen molar-refractivity contribution in [1.29, 1.82) is 0 Å². The molecule has 4 heteroatoms. The number of carbonyl (C=O) groups excluding carboxylic acids is 1. The number of aliphatic imine (C=N–C) groups is 1. The van der Waals surface area contributed by atoms with E-state index in [4.69, 9.17) is 9.47 Å². The van der Waals surface area contributed by atoms with Gasteiger partial charge in [-0.1, -0.05) is 59.7 Å². The summed E-state index contributed by atoms with van der Waals surface area (Å²) in [6.07, 6.45) is 1.72. The predicted octanol–water partition coefficient (Wildman–Crippen LogP) is 5.23. The fraction of sp³-hybridized carbons (Fsp3) is 0.120. The monoisotopic (exact) mass is 383 g/mol. The summed E-state index contributed by atoms with van der Waals surface area (Å²) in [5, 5.41) is 0. The minimum Gasteiger partial charge on any atom is -0.489 e. The van der Waals surface area contributed by atoms with Crippen LogP contribution in [0.4, 0.5) is 0 Å². The van der Waals surface area contributed by atoms with Gasteiger partial charge in [-0.05, 0) is 55.3 Å². The average molecular weight is 383 g/mol. The van der Waals surface area contributed by atoms with E-state index in [1.165, 1.54) is 5.56 Å². The second-order valence-corrected chi connectivity index (χ2v) is 7.05. The van der Waals surface area contributed by atoms with Crippen LogP contribution in [-0.2, 0) is 16.1 Å². The molecule has 0 atom stereocenters. The summed E-state index contributed by atoms with van der Waals surface area (Å²) in [7, 11) is 0. The first-order chi connectivity index (χ1) is 14.1. The molecule has 4 nitrogen and oxygen atoms in total. The number of ether oxygens (including phenoxy) is 2. The van der Waals surface area contributed by atoms with Crippen molar-refractivity contribution < 1.29 is 14.3 Å². The molecular formula is C25H21NO3. The van der Waals surface area contributed by atoms with E-state index in [-0.39, 0.29) is 5.70 Å². The molecule has 3 aromatic carbocycles. The van der Waals surface area contributed by atoms with E-state index < -0.39 is 5.97 Å². The molecular weight excluding hydrogens is 362 g/mol. The van der Waals surface area contributed by atoms with Gasteiger partial charge in [0.15, 0.2) is 5.70 Å². The van der Waals surface area contributed by atoms with Crippen molar-refractivity contribution in [3.8, 4) is 5.75 Å². The topological polar surface area (TPSA) is 47.9 Å². The van der Waals surface area contributed by atoms with Crippen LogP contribution in [0.1, 0.15) is 27.8 Å². The highest BCUT2D eigenvalue weighted by Gasteiger charge is 2.24. The van der Waals surface area contributed by atoms with Gasteiger partial charge < -0.3 is 9.47 Å². The summed E-state index contributed by atoms with van der Waals surface area (Å²) in [6, 6.07) is 23.5. The molecule has 0 amide bonds. The molecule has 0 radical (unpaired) electrons. The SMILES string of the molecule is Cc1ccc(COc2ccc(/C=C3/N=C(c4cccc(C)c4)OC3=O)cc2)cc1. The summed E-state index contributed by atoms with van der Waals surface area (Å²) < 4.78 is 11.1. The lowest BCUT2D eigenvalue weighted by Gasteiger charge is -2.07. The molecule has 1 aliphatic heterocycles. The van der Waals surface area contributed by atoms with Crippen molar-refractivity contribution in [3.63, 3.8) is 0 Å². The van der Waals surface area contributed by atoms with Crippen LogP contribution in [0.2, 0.25) is 0 Å². The van der Waals surface area contributed by atoms with E-state index in [1.807, 2.05) is 55.5 Å². The number of esters is 1. The zero-order chi connectivity index (χ0) is 20.2. The van der Waals surface area contributed by atoms with E-state index in [0.29, 0.717) is 12.5 Å². The second-order valence-electron chi connectivity index (χ2n) is 7.05. The second kappa shape index (κ2) is 8.15. The van der Waals surface area contributed by atoms with Crippen LogP contribution in [0, 0.1) is 13.8 Å². The Kier molecular flexibility index (Phi) is 5.25. The van der Waals surface area contributed by atoms with Crippen molar-refractivity contribution in [3.05, 3.63) is 106 Å². The highest BCUT2D eigenvalue weighted by Crippen LogP contribution is 2.21. The molecule has 0 aliphatic carbocycles. The van der Waals surface area contributed by atoms with Crippen LogP contribution in [0.25, 0.3) is 6.08 Å². The van der Waals surface area contributed by atoms with Crippen LogP contribution < -0.4 is 4.74 Å². The quantitative estimate of drug-likeness (QED) is 0.448. The fourth-order valence-electron chi connectivity index (χ4n) is 2.98. The number of rotatable bonds is 5. The van der Waals surface area contributed by atoms with Crippen molar-refractivity contribution >= 4 is 17.9 Å². The highest BCUT2D eigenvalue weighted by molar-refractivity contribution is 6.12. The van der Waals surface area contributed by atoms with Gasteiger partial charge in [0, 0.05) is 5.56 Å². The third-order valence-corrected chi connectivity index (χ3v) is 4.60. The molecule has 0 spiro atoms. The molecule has 29 heavy (non-hydrogen) atoms.